The first kappa shape index (κ1) is 24.2. The molecule has 0 aliphatic heterocycles. The fraction of sp³-hybridized carbons (Fsp3) is 0.0741. The Morgan fingerprint density at radius 1 is 0.917 bits per heavy atom. The molecule has 4 rings (SSSR count). The summed E-state index contributed by atoms with van der Waals surface area (Å²) in [6.07, 6.45) is 4.67. The largest absolute Gasteiger partial charge is 0.493 e. The number of amides is 2. The van der Waals surface area contributed by atoms with Gasteiger partial charge in [-0.2, -0.15) is 5.10 Å². The number of ether oxygens (including phenoxy) is 2. The third-order valence-electron chi connectivity index (χ3n) is 5.24. The second kappa shape index (κ2) is 11.0. The van der Waals surface area contributed by atoms with Crippen LogP contribution in [0.5, 0.6) is 11.5 Å². The molecular formula is C27H23FN4O4. The number of hydrogen-bond acceptors (Lipinski definition) is 5. The predicted octanol–water partition coefficient (Wildman–Crippen LogP) is 4.17. The van der Waals surface area contributed by atoms with Crippen molar-refractivity contribution in [1.82, 2.24) is 20.6 Å². The Labute approximate surface area is 206 Å². The lowest BCUT2D eigenvalue weighted by Crippen LogP contribution is -2.40. The quantitative estimate of drug-likeness (QED) is 0.302. The highest BCUT2D eigenvalue weighted by molar-refractivity contribution is 5.98. The molecule has 0 unspecified atom stereocenters. The zero-order valence-corrected chi connectivity index (χ0v) is 19.6. The first-order valence-electron chi connectivity index (χ1n) is 10.9. The minimum absolute atomic E-state index is 0.209. The lowest BCUT2D eigenvalue weighted by molar-refractivity contribution is -0.117. The molecule has 1 heterocycles. The van der Waals surface area contributed by atoms with Gasteiger partial charge in [-0.1, -0.05) is 18.2 Å². The molecule has 0 atom stereocenters. The first-order chi connectivity index (χ1) is 17.5. The molecule has 0 saturated carbocycles. The van der Waals surface area contributed by atoms with Gasteiger partial charge >= 0.3 is 0 Å². The number of hydrazine groups is 1. The van der Waals surface area contributed by atoms with Crippen molar-refractivity contribution in [3.63, 3.8) is 0 Å². The maximum Gasteiger partial charge on any atom is 0.269 e. The number of nitrogens with zero attached hydrogens (tertiary/aromatic N) is 2. The van der Waals surface area contributed by atoms with Gasteiger partial charge in [-0.25, -0.2) is 9.07 Å². The fourth-order valence-electron chi connectivity index (χ4n) is 3.43. The minimum Gasteiger partial charge on any atom is -0.493 e. The van der Waals surface area contributed by atoms with Crippen molar-refractivity contribution in [2.45, 2.75) is 0 Å². The van der Waals surface area contributed by atoms with Crippen LogP contribution in [-0.2, 0) is 4.79 Å². The summed E-state index contributed by atoms with van der Waals surface area (Å²) >= 11 is 0. The molecule has 0 aliphatic carbocycles. The number of carbonyl (C=O) groups excluding carboxylic acids is 2. The van der Waals surface area contributed by atoms with E-state index in [1.54, 1.807) is 43.3 Å². The summed E-state index contributed by atoms with van der Waals surface area (Å²) in [4.78, 5) is 24.5. The molecule has 0 aliphatic rings. The Bertz CT molecular complexity index is 1400. The van der Waals surface area contributed by atoms with Gasteiger partial charge in [0.1, 0.15) is 11.5 Å². The van der Waals surface area contributed by atoms with Crippen molar-refractivity contribution < 1.29 is 23.5 Å². The van der Waals surface area contributed by atoms with Crippen molar-refractivity contribution in [2.75, 3.05) is 14.2 Å². The molecule has 2 amide bonds. The topological polar surface area (TPSA) is 94.5 Å². The zero-order valence-electron chi connectivity index (χ0n) is 19.6. The molecule has 0 saturated heterocycles. The third kappa shape index (κ3) is 5.58. The van der Waals surface area contributed by atoms with Crippen LogP contribution in [0.25, 0.3) is 23.0 Å². The molecule has 0 spiro atoms. The van der Waals surface area contributed by atoms with Gasteiger partial charge in [-0.05, 0) is 60.7 Å². The number of halogens is 1. The fourth-order valence-corrected chi connectivity index (χ4v) is 3.43. The number of methoxy groups -OCH3 is 2. The molecule has 1 aromatic heterocycles. The van der Waals surface area contributed by atoms with Gasteiger partial charge in [-0.3, -0.25) is 20.4 Å². The lowest BCUT2D eigenvalue weighted by atomic mass is 10.1. The molecule has 182 valence electrons. The molecule has 0 fully saturated rings. The number of nitrogens with one attached hydrogen (secondary N) is 2. The Kier molecular flexibility index (Phi) is 7.40. The van der Waals surface area contributed by atoms with E-state index in [4.69, 9.17) is 14.6 Å². The van der Waals surface area contributed by atoms with E-state index in [1.165, 1.54) is 18.2 Å². The molecular weight excluding hydrogens is 463 g/mol. The summed E-state index contributed by atoms with van der Waals surface area (Å²) in [5.74, 6) is -0.465. The SMILES string of the molecule is COc1ccc(-c2nn(-c3ccccc3)cc2/C=C/C(=O)NNC(=O)c2ccc(F)cc2)cc1OC. The van der Waals surface area contributed by atoms with Crippen molar-refractivity contribution >= 4 is 17.9 Å². The van der Waals surface area contributed by atoms with Crippen molar-refractivity contribution in [3.05, 3.63) is 102 Å². The summed E-state index contributed by atoms with van der Waals surface area (Å²) in [5.41, 5.74) is 7.69. The highest BCUT2D eigenvalue weighted by Crippen LogP contribution is 2.33. The molecule has 3 aromatic carbocycles. The van der Waals surface area contributed by atoms with Crippen LogP contribution < -0.4 is 20.3 Å². The van der Waals surface area contributed by atoms with Crippen molar-refractivity contribution in [1.29, 1.82) is 0 Å². The van der Waals surface area contributed by atoms with Crippen molar-refractivity contribution in [3.8, 4) is 28.4 Å². The number of benzene rings is 3. The van der Waals surface area contributed by atoms with Crippen LogP contribution >= 0.6 is 0 Å². The summed E-state index contributed by atoms with van der Waals surface area (Å²) in [6, 6.07) is 19.9. The van der Waals surface area contributed by atoms with Gasteiger partial charge < -0.3 is 9.47 Å². The number of aromatic nitrogens is 2. The smallest absolute Gasteiger partial charge is 0.269 e. The highest BCUT2D eigenvalue weighted by Gasteiger charge is 2.14. The van der Waals surface area contributed by atoms with Crippen LogP contribution in [0, 0.1) is 5.82 Å². The van der Waals surface area contributed by atoms with E-state index in [0.717, 1.165) is 23.4 Å². The van der Waals surface area contributed by atoms with Gasteiger partial charge in [0.15, 0.2) is 11.5 Å². The van der Waals surface area contributed by atoms with Crippen LogP contribution in [0.1, 0.15) is 15.9 Å². The molecule has 9 heteroatoms. The molecule has 36 heavy (non-hydrogen) atoms. The minimum atomic E-state index is -0.570. The summed E-state index contributed by atoms with van der Waals surface area (Å²) in [7, 11) is 3.11. The Morgan fingerprint density at radius 2 is 1.64 bits per heavy atom. The lowest BCUT2D eigenvalue weighted by Gasteiger charge is -2.09. The maximum absolute atomic E-state index is 13.0. The van der Waals surface area contributed by atoms with E-state index in [2.05, 4.69) is 10.9 Å². The van der Waals surface area contributed by atoms with Crippen molar-refractivity contribution in [2.24, 2.45) is 0 Å². The first-order valence-corrected chi connectivity index (χ1v) is 10.9. The van der Waals surface area contributed by atoms with Crippen LogP contribution in [0.3, 0.4) is 0 Å². The number of hydrogen-bond donors (Lipinski definition) is 2. The third-order valence-corrected chi connectivity index (χ3v) is 5.24. The van der Waals surface area contributed by atoms with Gasteiger partial charge in [0.25, 0.3) is 11.8 Å². The number of rotatable bonds is 7. The van der Waals surface area contributed by atoms with E-state index in [-0.39, 0.29) is 5.56 Å². The molecule has 0 radical (unpaired) electrons. The zero-order chi connectivity index (χ0) is 25.5. The Balaban J connectivity index is 1.58. The average Bonchev–Trinajstić information content (AvgIpc) is 3.35. The number of carbonyl (C=O) groups is 2. The monoisotopic (exact) mass is 486 g/mol. The van der Waals surface area contributed by atoms with Crippen LogP contribution in [-0.4, -0.2) is 35.8 Å². The molecule has 0 bridgehead atoms. The Morgan fingerprint density at radius 3 is 2.33 bits per heavy atom. The van der Waals surface area contributed by atoms with E-state index in [0.29, 0.717) is 22.8 Å². The summed E-state index contributed by atoms with van der Waals surface area (Å²) in [6.45, 7) is 0. The molecule has 4 aromatic rings. The normalized spacial score (nSPS) is 10.8. The van der Waals surface area contributed by atoms with E-state index in [1.807, 2.05) is 36.4 Å². The van der Waals surface area contributed by atoms with Gasteiger partial charge in [0.05, 0.1) is 19.9 Å². The Hall–Kier alpha value is -4.92. The van der Waals surface area contributed by atoms with E-state index >= 15 is 0 Å². The summed E-state index contributed by atoms with van der Waals surface area (Å²) in [5, 5.41) is 4.72. The van der Waals surface area contributed by atoms with E-state index in [9.17, 15) is 14.0 Å². The second-order valence-corrected chi connectivity index (χ2v) is 7.57. The average molecular weight is 487 g/mol. The summed E-state index contributed by atoms with van der Waals surface area (Å²) < 4.78 is 25.5. The molecule has 2 N–H and O–H groups in total. The van der Waals surface area contributed by atoms with Crippen LogP contribution in [0.2, 0.25) is 0 Å². The molecule has 8 nitrogen and oxygen atoms in total. The standard InChI is InChI=1S/C27H23FN4O4/c1-35-23-14-10-19(16-24(23)36-2)26-20(17-32(31-26)22-6-4-3-5-7-22)11-15-25(33)29-30-27(34)18-8-12-21(28)13-9-18/h3-17H,1-2H3,(H,29,33)(H,30,34)/b15-11+. The number of para-hydroxylation sites is 1. The highest BCUT2D eigenvalue weighted by atomic mass is 19.1. The van der Waals surface area contributed by atoms with Crippen LogP contribution in [0.4, 0.5) is 4.39 Å². The van der Waals surface area contributed by atoms with Crippen LogP contribution in [0.15, 0.2) is 85.1 Å². The maximum atomic E-state index is 13.0. The van der Waals surface area contributed by atoms with Gasteiger partial charge in [0.2, 0.25) is 0 Å². The van der Waals surface area contributed by atoms with Gasteiger partial charge in [0, 0.05) is 29.0 Å². The van der Waals surface area contributed by atoms with Gasteiger partial charge in [-0.15, -0.1) is 0 Å². The van der Waals surface area contributed by atoms with E-state index < -0.39 is 17.6 Å². The second-order valence-electron chi connectivity index (χ2n) is 7.57. The predicted molar refractivity (Wildman–Crippen MR) is 133 cm³/mol.